The number of hydrogen-bond donors (Lipinski definition) is 1. The first-order valence-electron chi connectivity index (χ1n) is 7.94. The molecule has 0 bridgehead atoms. The third-order valence-electron chi connectivity index (χ3n) is 3.59. The van der Waals surface area contributed by atoms with Crippen LogP contribution in [0.15, 0.2) is 0 Å². The van der Waals surface area contributed by atoms with E-state index in [2.05, 4.69) is 19.2 Å². The van der Waals surface area contributed by atoms with Crippen LogP contribution in [-0.2, 0) is 14.3 Å². The number of carbonyl (C=O) groups is 2. The fourth-order valence-corrected chi connectivity index (χ4v) is 2.14. The van der Waals surface area contributed by atoms with Gasteiger partial charge in [-0.3, -0.25) is 4.79 Å². The number of carbonyl (C=O) groups excluding carboxylic acids is 2. The molecule has 0 rings (SSSR count). The van der Waals surface area contributed by atoms with E-state index in [1.165, 1.54) is 7.11 Å². The molecule has 0 aliphatic heterocycles. The van der Waals surface area contributed by atoms with Gasteiger partial charge in [0.25, 0.3) is 0 Å². The second kappa shape index (κ2) is 11.7. The molecule has 0 aromatic rings. The Morgan fingerprint density at radius 3 is 2.05 bits per heavy atom. The maximum atomic E-state index is 12.1. The Bertz CT molecular complexity index is 279. The normalized spacial score (nSPS) is 13.6. The maximum Gasteiger partial charge on any atom is 0.328 e. The van der Waals surface area contributed by atoms with Crippen molar-refractivity contribution in [3.63, 3.8) is 0 Å². The predicted molar refractivity (Wildman–Crippen MR) is 81.4 cm³/mol. The highest BCUT2D eigenvalue weighted by Crippen LogP contribution is 2.11. The summed E-state index contributed by atoms with van der Waals surface area (Å²) in [5.74, 6) is -0.414. The van der Waals surface area contributed by atoms with Gasteiger partial charge in [-0.05, 0) is 12.8 Å². The molecule has 0 aromatic carbocycles. The Morgan fingerprint density at radius 2 is 1.55 bits per heavy atom. The standard InChI is InChI=1S/C16H31NO3/c1-5-7-9-11-13(3)15(18)17-14(16(19)20-4)12-10-8-6-2/h13-14H,5-12H2,1-4H3,(H,17,18)/t13-,14-/m0/s1. The van der Waals surface area contributed by atoms with Crippen molar-refractivity contribution in [1.29, 1.82) is 0 Å². The molecule has 0 saturated carbocycles. The molecular formula is C16H31NO3. The minimum atomic E-state index is -0.493. The Balaban J connectivity index is 4.25. The van der Waals surface area contributed by atoms with Gasteiger partial charge in [0.2, 0.25) is 5.91 Å². The maximum absolute atomic E-state index is 12.1. The van der Waals surface area contributed by atoms with E-state index in [4.69, 9.17) is 4.74 Å². The van der Waals surface area contributed by atoms with Gasteiger partial charge in [-0.1, -0.05) is 59.3 Å². The number of nitrogens with one attached hydrogen (secondary N) is 1. The lowest BCUT2D eigenvalue weighted by Gasteiger charge is -2.19. The van der Waals surface area contributed by atoms with Crippen LogP contribution in [0, 0.1) is 5.92 Å². The topological polar surface area (TPSA) is 55.4 Å². The highest BCUT2D eigenvalue weighted by molar-refractivity contribution is 5.85. The molecule has 118 valence electrons. The van der Waals surface area contributed by atoms with Crippen molar-refractivity contribution in [2.24, 2.45) is 5.92 Å². The summed E-state index contributed by atoms with van der Waals surface area (Å²) in [6.07, 6.45) is 7.98. The average Bonchev–Trinajstić information content (AvgIpc) is 2.45. The summed E-state index contributed by atoms with van der Waals surface area (Å²) in [6, 6.07) is -0.493. The lowest BCUT2D eigenvalue weighted by Crippen LogP contribution is -2.43. The van der Waals surface area contributed by atoms with Crippen LogP contribution in [0.2, 0.25) is 0 Å². The molecule has 4 heteroatoms. The molecule has 0 aliphatic rings. The highest BCUT2D eigenvalue weighted by atomic mass is 16.5. The predicted octanol–water partition coefficient (Wildman–Crippen LogP) is 3.44. The monoisotopic (exact) mass is 285 g/mol. The van der Waals surface area contributed by atoms with E-state index in [-0.39, 0.29) is 17.8 Å². The van der Waals surface area contributed by atoms with Gasteiger partial charge in [-0.25, -0.2) is 4.79 Å². The molecule has 4 nitrogen and oxygen atoms in total. The number of ether oxygens (including phenoxy) is 1. The van der Waals surface area contributed by atoms with Crippen LogP contribution in [-0.4, -0.2) is 25.0 Å². The number of esters is 1. The zero-order valence-corrected chi connectivity index (χ0v) is 13.5. The van der Waals surface area contributed by atoms with Crippen molar-refractivity contribution in [3.05, 3.63) is 0 Å². The van der Waals surface area contributed by atoms with Crippen LogP contribution in [0.4, 0.5) is 0 Å². The first kappa shape index (κ1) is 18.9. The van der Waals surface area contributed by atoms with E-state index in [0.29, 0.717) is 6.42 Å². The van der Waals surface area contributed by atoms with E-state index in [1.54, 1.807) is 0 Å². The van der Waals surface area contributed by atoms with Crippen LogP contribution in [0.25, 0.3) is 0 Å². The SMILES string of the molecule is CCCCC[C@H](NC(=O)[C@@H](C)CCCCC)C(=O)OC. The minimum absolute atomic E-state index is 0.0343. The third kappa shape index (κ3) is 8.18. The van der Waals surface area contributed by atoms with Gasteiger partial charge in [0.05, 0.1) is 7.11 Å². The quantitative estimate of drug-likeness (QED) is 0.467. The van der Waals surface area contributed by atoms with E-state index in [9.17, 15) is 9.59 Å². The molecule has 0 unspecified atom stereocenters. The Hall–Kier alpha value is -1.06. The van der Waals surface area contributed by atoms with Crippen LogP contribution in [0.5, 0.6) is 0 Å². The lowest BCUT2D eigenvalue weighted by molar-refractivity contribution is -0.145. The van der Waals surface area contributed by atoms with Crippen molar-refractivity contribution >= 4 is 11.9 Å². The summed E-state index contributed by atoms with van der Waals surface area (Å²) in [6.45, 7) is 6.18. The molecular weight excluding hydrogens is 254 g/mol. The van der Waals surface area contributed by atoms with Crippen LogP contribution >= 0.6 is 0 Å². The molecule has 0 fully saturated rings. The zero-order chi connectivity index (χ0) is 15.4. The first-order valence-corrected chi connectivity index (χ1v) is 7.94. The van der Waals surface area contributed by atoms with Crippen molar-refractivity contribution in [3.8, 4) is 0 Å². The molecule has 0 spiro atoms. The van der Waals surface area contributed by atoms with Crippen LogP contribution < -0.4 is 5.32 Å². The van der Waals surface area contributed by atoms with Crippen molar-refractivity contribution in [1.82, 2.24) is 5.32 Å². The average molecular weight is 285 g/mol. The van der Waals surface area contributed by atoms with Gasteiger partial charge in [0, 0.05) is 5.92 Å². The Morgan fingerprint density at radius 1 is 1.00 bits per heavy atom. The molecule has 0 saturated heterocycles. The first-order chi connectivity index (χ1) is 9.56. The van der Waals surface area contributed by atoms with E-state index in [0.717, 1.165) is 44.9 Å². The summed E-state index contributed by atoms with van der Waals surface area (Å²) >= 11 is 0. The number of hydrogen-bond acceptors (Lipinski definition) is 3. The number of methoxy groups -OCH3 is 1. The summed E-state index contributed by atoms with van der Waals surface area (Å²) < 4.78 is 4.77. The molecule has 20 heavy (non-hydrogen) atoms. The smallest absolute Gasteiger partial charge is 0.328 e. The van der Waals surface area contributed by atoms with Crippen molar-refractivity contribution in [2.75, 3.05) is 7.11 Å². The molecule has 0 radical (unpaired) electrons. The number of unbranched alkanes of at least 4 members (excludes halogenated alkanes) is 4. The van der Waals surface area contributed by atoms with Gasteiger partial charge < -0.3 is 10.1 Å². The third-order valence-corrected chi connectivity index (χ3v) is 3.59. The van der Waals surface area contributed by atoms with Crippen molar-refractivity contribution < 1.29 is 14.3 Å². The van der Waals surface area contributed by atoms with Crippen molar-refractivity contribution in [2.45, 2.75) is 78.2 Å². The Kier molecular flexibility index (Phi) is 11.1. The van der Waals surface area contributed by atoms with Gasteiger partial charge in [-0.2, -0.15) is 0 Å². The molecule has 0 aliphatic carbocycles. The molecule has 0 aromatic heterocycles. The Labute approximate surface area is 123 Å². The van der Waals surface area contributed by atoms with Gasteiger partial charge in [-0.15, -0.1) is 0 Å². The second-order valence-corrected chi connectivity index (χ2v) is 5.48. The van der Waals surface area contributed by atoms with Gasteiger partial charge in [0.15, 0.2) is 0 Å². The lowest BCUT2D eigenvalue weighted by atomic mass is 10.0. The summed E-state index contributed by atoms with van der Waals surface area (Å²) in [4.78, 5) is 23.8. The van der Waals surface area contributed by atoms with Gasteiger partial charge in [0.1, 0.15) is 6.04 Å². The van der Waals surface area contributed by atoms with Crippen LogP contribution in [0.1, 0.15) is 72.1 Å². The molecule has 2 atom stereocenters. The van der Waals surface area contributed by atoms with E-state index >= 15 is 0 Å². The number of rotatable bonds is 11. The second-order valence-electron chi connectivity index (χ2n) is 5.48. The zero-order valence-electron chi connectivity index (χ0n) is 13.5. The fraction of sp³-hybridized carbons (Fsp3) is 0.875. The number of amides is 1. The largest absolute Gasteiger partial charge is 0.467 e. The summed E-state index contributed by atoms with van der Waals surface area (Å²) in [5.41, 5.74) is 0. The summed E-state index contributed by atoms with van der Waals surface area (Å²) in [5, 5.41) is 2.84. The van der Waals surface area contributed by atoms with E-state index in [1.807, 2.05) is 6.92 Å². The van der Waals surface area contributed by atoms with E-state index < -0.39 is 6.04 Å². The van der Waals surface area contributed by atoms with Gasteiger partial charge >= 0.3 is 5.97 Å². The minimum Gasteiger partial charge on any atom is -0.467 e. The molecule has 0 heterocycles. The fourth-order valence-electron chi connectivity index (χ4n) is 2.14. The molecule has 1 N–H and O–H groups in total. The molecule has 1 amide bonds. The van der Waals surface area contributed by atoms with Crippen LogP contribution in [0.3, 0.4) is 0 Å². The highest BCUT2D eigenvalue weighted by Gasteiger charge is 2.23. The summed E-state index contributed by atoms with van der Waals surface area (Å²) in [7, 11) is 1.37.